The van der Waals surface area contributed by atoms with Crippen LogP contribution < -0.4 is 0 Å². The lowest BCUT2D eigenvalue weighted by atomic mass is 9.95. The number of hydrogen-bond donors (Lipinski definition) is 1. The second kappa shape index (κ2) is 4.30. The number of nitro groups is 1. The Balaban J connectivity index is 3.35. The number of aliphatic hydroxyl groups is 1. The van der Waals surface area contributed by atoms with E-state index in [0.29, 0.717) is 5.56 Å². The molecule has 0 fully saturated rings. The highest BCUT2D eigenvalue weighted by molar-refractivity contribution is 9.10. The molecule has 0 radical (unpaired) electrons. The smallest absolute Gasteiger partial charge is 0.333 e. The van der Waals surface area contributed by atoms with Gasteiger partial charge in [0.1, 0.15) is 0 Å². The molecule has 17 heavy (non-hydrogen) atoms. The van der Waals surface area contributed by atoms with Gasteiger partial charge in [-0.2, -0.15) is 8.78 Å². The molecule has 0 aliphatic rings. The molecule has 1 aromatic carbocycles. The van der Waals surface area contributed by atoms with Gasteiger partial charge in [-0.15, -0.1) is 0 Å². The number of halogens is 3. The maximum atomic E-state index is 13.1. The van der Waals surface area contributed by atoms with Gasteiger partial charge in [0, 0.05) is 11.6 Å². The molecule has 0 spiro atoms. The average Bonchev–Trinajstić information content (AvgIpc) is 2.15. The lowest BCUT2D eigenvalue weighted by Gasteiger charge is -2.28. The number of rotatable bonds is 3. The van der Waals surface area contributed by atoms with E-state index in [0.717, 1.165) is 13.0 Å². The Labute approximate surface area is 105 Å². The van der Waals surface area contributed by atoms with Crippen LogP contribution in [0, 0.1) is 17.0 Å². The normalized spacial score (nSPS) is 15.4. The van der Waals surface area contributed by atoms with Crippen LogP contribution in [0.3, 0.4) is 0 Å². The third-order valence-corrected chi connectivity index (χ3v) is 3.29. The summed E-state index contributed by atoms with van der Waals surface area (Å²) in [6, 6.07) is 3.50. The minimum atomic E-state index is -3.58. The molecule has 0 aromatic heterocycles. The zero-order chi connectivity index (χ0) is 13.4. The van der Waals surface area contributed by atoms with E-state index in [-0.39, 0.29) is 11.3 Å². The van der Waals surface area contributed by atoms with E-state index in [1.54, 1.807) is 0 Å². The van der Waals surface area contributed by atoms with Crippen molar-refractivity contribution in [3.63, 3.8) is 0 Å². The second-order valence-electron chi connectivity index (χ2n) is 3.83. The molecular formula is C10H10BrF2NO3. The van der Waals surface area contributed by atoms with Gasteiger partial charge >= 0.3 is 4.83 Å². The van der Waals surface area contributed by atoms with Crippen LogP contribution >= 0.6 is 15.9 Å². The van der Waals surface area contributed by atoms with E-state index >= 15 is 0 Å². The molecule has 1 unspecified atom stereocenters. The van der Waals surface area contributed by atoms with Crippen molar-refractivity contribution >= 4 is 21.6 Å². The Morgan fingerprint density at radius 2 is 2.00 bits per heavy atom. The number of nitrogens with zero attached hydrogens (tertiary/aromatic N) is 1. The van der Waals surface area contributed by atoms with Crippen LogP contribution in [0.5, 0.6) is 0 Å². The zero-order valence-electron chi connectivity index (χ0n) is 9.08. The van der Waals surface area contributed by atoms with E-state index in [1.165, 1.54) is 19.1 Å². The maximum absolute atomic E-state index is 13.1. The summed E-state index contributed by atoms with van der Waals surface area (Å²) in [6.45, 7) is 2.37. The van der Waals surface area contributed by atoms with E-state index in [4.69, 9.17) is 0 Å². The molecule has 1 rings (SSSR count). The lowest BCUT2D eigenvalue weighted by molar-refractivity contribution is -0.385. The largest absolute Gasteiger partial charge is 0.378 e. The summed E-state index contributed by atoms with van der Waals surface area (Å²) < 4.78 is 26.2. The first-order valence-corrected chi connectivity index (χ1v) is 5.41. The molecule has 0 amide bonds. The van der Waals surface area contributed by atoms with Crippen LogP contribution in [-0.4, -0.2) is 14.9 Å². The van der Waals surface area contributed by atoms with Crippen molar-refractivity contribution in [3.05, 3.63) is 39.4 Å². The van der Waals surface area contributed by atoms with Gasteiger partial charge in [-0.1, -0.05) is 12.1 Å². The maximum Gasteiger partial charge on any atom is 0.333 e. The van der Waals surface area contributed by atoms with Crippen LogP contribution in [0.25, 0.3) is 0 Å². The summed E-state index contributed by atoms with van der Waals surface area (Å²) >= 11 is 2.06. The number of hydrogen-bond acceptors (Lipinski definition) is 3. The van der Waals surface area contributed by atoms with Crippen LogP contribution in [0.1, 0.15) is 18.1 Å². The van der Waals surface area contributed by atoms with Crippen LogP contribution in [0.2, 0.25) is 0 Å². The summed E-state index contributed by atoms with van der Waals surface area (Å²) in [4.78, 5) is 6.42. The predicted molar refractivity (Wildman–Crippen MR) is 61.3 cm³/mol. The van der Waals surface area contributed by atoms with E-state index < -0.39 is 15.4 Å². The lowest BCUT2D eigenvalue weighted by Crippen LogP contribution is -2.37. The fourth-order valence-electron chi connectivity index (χ4n) is 1.27. The summed E-state index contributed by atoms with van der Waals surface area (Å²) in [6.07, 6.45) is 0. The topological polar surface area (TPSA) is 63.4 Å². The highest BCUT2D eigenvalue weighted by Crippen LogP contribution is 2.42. The predicted octanol–water partition coefficient (Wildman–Crippen LogP) is 3.10. The average molecular weight is 310 g/mol. The molecule has 0 aliphatic heterocycles. The van der Waals surface area contributed by atoms with Crippen molar-refractivity contribution in [3.8, 4) is 0 Å². The molecule has 94 valence electrons. The standard InChI is InChI=1S/C10H10BrF2NO3/c1-6-3-4-7(5-8(6)14(16)17)9(2,15)10(11,12)13/h3-5,15H,1-2H3. The van der Waals surface area contributed by atoms with Crippen molar-refractivity contribution in [2.24, 2.45) is 0 Å². The van der Waals surface area contributed by atoms with Crippen LogP contribution in [-0.2, 0) is 5.60 Å². The van der Waals surface area contributed by atoms with Crippen LogP contribution in [0.15, 0.2) is 18.2 Å². The molecule has 0 bridgehead atoms. The van der Waals surface area contributed by atoms with Gasteiger partial charge in [0.25, 0.3) is 5.69 Å². The van der Waals surface area contributed by atoms with Gasteiger partial charge in [0.05, 0.1) is 4.92 Å². The van der Waals surface area contributed by atoms with Gasteiger partial charge in [-0.3, -0.25) is 10.1 Å². The number of benzene rings is 1. The third-order valence-electron chi connectivity index (χ3n) is 2.52. The quantitative estimate of drug-likeness (QED) is 0.530. The fourth-order valence-corrected chi connectivity index (χ4v) is 1.50. The Morgan fingerprint density at radius 3 is 2.41 bits per heavy atom. The van der Waals surface area contributed by atoms with Gasteiger partial charge in [0.15, 0.2) is 5.60 Å². The monoisotopic (exact) mass is 309 g/mol. The summed E-state index contributed by atoms with van der Waals surface area (Å²) in [5.41, 5.74) is -2.71. The van der Waals surface area contributed by atoms with Crippen molar-refractivity contribution < 1.29 is 18.8 Å². The van der Waals surface area contributed by atoms with Crippen molar-refractivity contribution in [1.82, 2.24) is 0 Å². The molecule has 1 atom stereocenters. The zero-order valence-corrected chi connectivity index (χ0v) is 10.7. The molecule has 4 nitrogen and oxygen atoms in total. The van der Waals surface area contributed by atoms with Crippen molar-refractivity contribution in [1.29, 1.82) is 0 Å². The highest BCUT2D eigenvalue weighted by atomic mass is 79.9. The molecule has 0 aliphatic carbocycles. The van der Waals surface area contributed by atoms with E-state index in [9.17, 15) is 24.0 Å². The van der Waals surface area contributed by atoms with Crippen LogP contribution in [0.4, 0.5) is 14.5 Å². The number of aryl methyl sites for hydroxylation is 1. The first-order valence-electron chi connectivity index (χ1n) is 4.62. The van der Waals surface area contributed by atoms with E-state index in [2.05, 4.69) is 15.9 Å². The Bertz CT molecular complexity index is 457. The van der Waals surface area contributed by atoms with Gasteiger partial charge < -0.3 is 5.11 Å². The Hall–Kier alpha value is -1.08. The molecule has 7 heteroatoms. The summed E-state index contributed by atoms with van der Waals surface area (Å²) in [7, 11) is 0. The minimum absolute atomic E-state index is 0.225. The molecular weight excluding hydrogens is 300 g/mol. The molecule has 0 heterocycles. The Morgan fingerprint density at radius 1 is 1.47 bits per heavy atom. The summed E-state index contributed by atoms with van der Waals surface area (Å²) in [5, 5.41) is 20.4. The summed E-state index contributed by atoms with van der Waals surface area (Å²) in [5.74, 6) is 0. The third kappa shape index (κ3) is 2.61. The van der Waals surface area contributed by atoms with Crippen molar-refractivity contribution in [2.45, 2.75) is 24.3 Å². The number of alkyl halides is 3. The molecule has 0 saturated heterocycles. The first kappa shape index (κ1) is 14.0. The molecule has 1 N–H and O–H groups in total. The van der Waals surface area contributed by atoms with Crippen molar-refractivity contribution in [2.75, 3.05) is 0 Å². The molecule has 1 aromatic rings. The second-order valence-corrected chi connectivity index (χ2v) is 4.82. The van der Waals surface area contributed by atoms with Gasteiger partial charge in [0.2, 0.25) is 0 Å². The van der Waals surface area contributed by atoms with E-state index in [1.807, 2.05) is 0 Å². The Kier molecular flexibility index (Phi) is 3.54. The SMILES string of the molecule is Cc1ccc(C(C)(O)C(F)(F)Br)cc1[N+](=O)[O-]. The fraction of sp³-hybridized carbons (Fsp3) is 0.400. The van der Waals surface area contributed by atoms with Gasteiger partial charge in [-0.25, -0.2) is 0 Å². The molecule has 0 saturated carbocycles. The number of nitro benzene ring substituents is 1. The van der Waals surface area contributed by atoms with Gasteiger partial charge in [-0.05, 0) is 35.3 Å². The highest BCUT2D eigenvalue weighted by Gasteiger charge is 2.48. The first-order chi connectivity index (χ1) is 7.57. The minimum Gasteiger partial charge on any atom is -0.378 e.